The highest BCUT2D eigenvalue weighted by Crippen LogP contribution is 2.24. The van der Waals surface area contributed by atoms with Crippen LogP contribution < -0.4 is 15.4 Å². The summed E-state index contributed by atoms with van der Waals surface area (Å²) in [6.45, 7) is 2.77. The zero-order valence-electron chi connectivity index (χ0n) is 15.9. The molecule has 0 aromatic heterocycles. The summed E-state index contributed by atoms with van der Waals surface area (Å²) < 4.78 is 50.6. The van der Waals surface area contributed by atoms with Crippen molar-refractivity contribution >= 4 is 18.3 Å². The zero-order valence-corrected chi connectivity index (χ0v) is 16.7. The molecule has 0 saturated carbocycles. The summed E-state index contributed by atoms with van der Waals surface area (Å²) in [5.74, 6) is 0.0968. The number of ether oxygens (including phenoxy) is 2. The minimum atomic E-state index is -4.41. The Morgan fingerprint density at radius 1 is 1.32 bits per heavy atom. The van der Waals surface area contributed by atoms with Gasteiger partial charge in [-0.15, -0.1) is 12.4 Å². The number of alkyl halides is 3. The van der Waals surface area contributed by atoms with Gasteiger partial charge >= 0.3 is 6.18 Å². The normalized spacial score (nSPS) is 17.3. The third-order valence-corrected chi connectivity index (χ3v) is 4.44. The lowest BCUT2D eigenvalue weighted by Gasteiger charge is -2.36. The molecule has 2 unspecified atom stereocenters. The molecule has 0 bridgehead atoms. The van der Waals surface area contributed by atoms with Gasteiger partial charge in [0.1, 0.15) is 17.9 Å². The Balaban J connectivity index is 0.00000392. The van der Waals surface area contributed by atoms with E-state index < -0.39 is 30.8 Å². The molecule has 1 fully saturated rings. The van der Waals surface area contributed by atoms with Crippen molar-refractivity contribution in [1.82, 2.24) is 15.5 Å². The largest absolute Gasteiger partial charge is 0.497 e. The van der Waals surface area contributed by atoms with Gasteiger partial charge in [0.15, 0.2) is 0 Å². The van der Waals surface area contributed by atoms with E-state index in [4.69, 9.17) is 9.47 Å². The fourth-order valence-corrected chi connectivity index (χ4v) is 2.85. The Morgan fingerprint density at radius 3 is 2.61 bits per heavy atom. The minimum absolute atomic E-state index is 0. The van der Waals surface area contributed by atoms with Gasteiger partial charge in [-0.3, -0.25) is 9.69 Å². The molecular formula is C18H27ClF3N3O3. The maximum Gasteiger partial charge on any atom is 0.405 e. The van der Waals surface area contributed by atoms with E-state index in [1.807, 2.05) is 6.07 Å². The van der Waals surface area contributed by atoms with Crippen molar-refractivity contribution in [2.75, 3.05) is 39.8 Å². The number of benzene rings is 1. The standard InChI is InChI=1S/C18H26F3N3O3.ClH/c1-13(27-12-14-4-3-5-15(10-14)26-2)17(25)23-11-16(18(19,20)21)24-8-6-22-7-9-24;/h3-5,10,13,16,22H,6-9,11-12H2,1-2H3,(H,23,25);1H. The van der Waals surface area contributed by atoms with Gasteiger partial charge in [-0.2, -0.15) is 13.2 Å². The van der Waals surface area contributed by atoms with Crippen molar-refractivity contribution in [3.8, 4) is 5.75 Å². The van der Waals surface area contributed by atoms with Gasteiger partial charge in [-0.1, -0.05) is 12.1 Å². The summed E-state index contributed by atoms with van der Waals surface area (Å²) >= 11 is 0. The smallest absolute Gasteiger partial charge is 0.405 e. The maximum atomic E-state index is 13.3. The average Bonchev–Trinajstić information content (AvgIpc) is 2.66. The van der Waals surface area contributed by atoms with Crippen molar-refractivity contribution < 1.29 is 27.4 Å². The van der Waals surface area contributed by atoms with Gasteiger partial charge in [-0.05, 0) is 24.6 Å². The molecule has 1 aromatic carbocycles. The summed E-state index contributed by atoms with van der Waals surface area (Å²) in [4.78, 5) is 13.5. The second-order valence-electron chi connectivity index (χ2n) is 6.39. The molecule has 2 N–H and O–H groups in total. The molecule has 1 aliphatic heterocycles. The van der Waals surface area contributed by atoms with Crippen LogP contribution in [-0.4, -0.2) is 69.0 Å². The Hall–Kier alpha value is -1.55. The number of hydrogen-bond acceptors (Lipinski definition) is 5. The van der Waals surface area contributed by atoms with Gasteiger partial charge in [0, 0.05) is 32.7 Å². The van der Waals surface area contributed by atoms with Crippen LogP contribution in [0.4, 0.5) is 13.2 Å². The Bertz CT molecular complexity index is 613. The van der Waals surface area contributed by atoms with Gasteiger partial charge in [0.25, 0.3) is 0 Å². The summed E-state index contributed by atoms with van der Waals surface area (Å²) in [7, 11) is 1.55. The lowest BCUT2D eigenvalue weighted by Crippen LogP contribution is -2.58. The van der Waals surface area contributed by atoms with E-state index in [9.17, 15) is 18.0 Å². The molecule has 0 spiro atoms. The van der Waals surface area contributed by atoms with Gasteiger partial charge < -0.3 is 20.1 Å². The first-order valence-electron chi connectivity index (χ1n) is 8.85. The first-order valence-corrected chi connectivity index (χ1v) is 8.85. The maximum absolute atomic E-state index is 13.3. The van der Waals surface area contributed by atoms with Gasteiger partial charge in [0.05, 0.1) is 13.7 Å². The Kier molecular flexibility index (Phi) is 10.0. The number of halogens is 4. The van der Waals surface area contributed by atoms with Crippen LogP contribution in [0, 0.1) is 0 Å². The van der Waals surface area contributed by atoms with Crippen LogP contribution in [-0.2, 0) is 16.1 Å². The summed E-state index contributed by atoms with van der Waals surface area (Å²) in [6, 6.07) is 5.47. The highest BCUT2D eigenvalue weighted by molar-refractivity contribution is 5.85. The lowest BCUT2D eigenvalue weighted by molar-refractivity contribution is -0.184. The third kappa shape index (κ3) is 7.46. The number of hydrogen-bond donors (Lipinski definition) is 2. The molecule has 160 valence electrons. The monoisotopic (exact) mass is 425 g/mol. The third-order valence-electron chi connectivity index (χ3n) is 4.44. The first-order chi connectivity index (χ1) is 12.8. The van der Waals surface area contributed by atoms with Crippen LogP contribution in [0.3, 0.4) is 0 Å². The number of amides is 1. The average molecular weight is 426 g/mol. The Labute approximate surface area is 169 Å². The van der Waals surface area contributed by atoms with Crippen molar-refractivity contribution in [3.63, 3.8) is 0 Å². The number of rotatable bonds is 8. The van der Waals surface area contributed by atoms with E-state index in [-0.39, 0.29) is 19.0 Å². The predicted molar refractivity (Wildman–Crippen MR) is 102 cm³/mol. The minimum Gasteiger partial charge on any atom is -0.497 e. The molecule has 1 aromatic rings. The summed E-state index contributed by atoms with van der Waals surface area (Å²) in [5.41, 5.74) is 0.808. The molecule has 6 nitrogen and oxygen atoms in total. The van der Waals surface area contributed by atoms with Gasteiger partial charge in [-0.25, -0.2) is 0 Å². The topological polar surface area (TPSA) is 62.8 Å². The SMILES string of the molecule is COc1cccc(COC(C)C(=O)NCC(N2CCNCC2)C(F)(F)F)c1.Cl. The molecule has 2 atom stereocenters. The van der Waals surface area contributed by atoms with E-state index in [2.05, 4.69) is 10.6 Å². The van der Waals surface area contributed by atoms with E-state index >= 15 is 0 Å². The first kappa shape index (κ1) is 24.5. The van der Waals surface area contributed by atoms with Crippen LogP contribution in [0.15, 0.2) is 24.3 Å². The van der Waals surface area contributed by atoms with Crippen LogP contribution >= 0.6 is 12.4 Å². The summed E-state index contributed by atoms with van der Waals surface area (Å²) in [5, 5.41) is 5.39. The summed E-state index contributed by atoms with van der Waals surface area (Å²) in [6.07, 6.45) is -5.27. The lowest BCUT2D eigenvalue weighted by atomic mass is 10.2. The molecule has 10 heteroatoms. The fraction of sp³-hybridized carbons (Fsp3) is 0.611. The number of carbonyl (C=O) groups is 1. The van der Waals surface area contributed by atoms with Crippen molar-refractivity contribution in [1.29, 1.82) is 0 Å². The molecule has 0 radical (unpaired) electrons. The fourth-order valence-electron chi connectivity index (χ4n) is 2.85. The molecule has 1 heterocycles. The quantitative estimate of drug-likeness (QED) is 0.667. The van der Waals surface area contributed by atoms with E-state index in [1.54, 1.807) is 25.3 Å². The van der Waals surface area contributed by atoms with Crippen LogP contribution in [0.1, 0.15) is 12.5 Å². The van der Waals surface area contributed by atoms with Gasteiger partial charge in [0.2, 0.25) is 5.91 Å². The second-order valence-corrected chi connectivity index (χ2v) is 6.39. The number of piperazine rings is 1. The van der Waals surface area contributed by atoms with E-state index in [1.165, 1.54) is 11.8 Å². The molecule has 1 aliphatic rings. The number of nitrogens with one attached hydrogen (secondary N) is 2. The van der Waals surface area contributed by atoms with E-state index in [0.717, 1.165) is 5.56 Å². The van der Waals surface area contributed by atoms with Crippen LogP contribution in [0.25, 0.3) is 0 Å². The van der Waals surface area contributed by atoms with Crippen molar-refractivity contribution in [2.45, 2.75) is 31.9 Å². The molecular weight excluding hydrogens is 399 g/mol. The molecule has 0 aliphatic carbocycles. The molecule has 2 rings (SSSR count). The highest BCUT2D eigenvalue weighted by Gasteiger charge is 2.43. The number of nitrogens with zero attached hydrogens (tertiary/aromatic N) is 1. The number of methoxy groups -OCH3 is 1. The molecule has 1 saturated heterocycles. The predicted octanol–water partition coefficient (Wildman–Crippen LogP) is 1.97. The molecule has 1 amide bonds. The van der Waals surface area contributed by atoms with Crippen LogP contribution in [0.2, 0.25) is 0 Å². The zero-order chi connectivity index (χ0) is 19.9. The Morgan fingerprint density at radius 2 is 2.00 bits per heavy atom. The van der Waals surface area contributed by atoms with Crippen molar-refractivity contribution in [3.05, 3.63) is 29.8 Å². The van der Waals surface area contributed by atoms with Crippen molar-refractivity contribution in [2.24, 2.45) is 0 Å². The molecule has 28 heavy (non-hydrogen) atoms. The number of carbonyl (C=O) groups excluding carboxylic acids is 1. The highest BCUT2D eigenvalue weighted by atomic mass is 35.5. The van der Waals surface area contributed by atoms with E-state index in [0.29, 0.717) is 31.9 Å². The van der Waals surface area contributed by atoms with Crippen LogP contribution in [0.5, 0.6) is 5.75 Å². The second kappa shape index (κ2) is 11.5.